The zero-order chi connectivity index (χ0) is 25.1. The first-order valence-corrected chi connectivity index (χ1v) is 12.0. The van der Waals surface area contributed by atoms with Crippen LogP contribution in [-0.4, -0.2) is 40.7 Å². The number of carbonyl (C=O) groups excluding carboxylic acids is 2. The molecule has 0 fully saturated rings. The highest BCUT2D eigenvalue weighted by atomic mass is 35.6. The van der Waals surface area contributed by atoms with Crippen molar-refractivity contribution in [3.63, 3.8) is 0 Å². The van der Waals surface area contributed by atoms with E-state index in [-0.39, 0.29) is 17.4 Å². The molecule has 0 bridgehead atoms. The van der Waals surface area contributed by atoms with Crippen LogP contribution in [-0.2, 0) is 16.0 Å². The zero-order valence-electron chi connectivity index (χ0n) is 18.7. The van der Waals surface area contributed by atoms with Crippen LogP contribution in [0.3, 0.4) is 0 Å². The average molecular weight is 547 g/mol. The minimum absolute atomic E-state index is 0.0684. The highest BCUT2D eigenvalue weighted by Gasteiger charge is 2.34. The number of amides is 1. The van der Waals surface area contributed by atoms with Crippen molar-refractivity contribution in [1.29, 1.82) is 0 Å². The molecule has 7 nitrogen and oxygen atoms in total. The van der Waals surface area contributed by atoms with Gasteiger partial charge in [-0.1, -0.05) is 60.3 Å². The maximum atomic E-state index is 12.5. The summed E-state index contributed by atoms with van der Waals surface area (Å²) in [7, 11) is 1.56. The Kier molecular flexibility index (Phi) is 11.2. The number of hydrogen-bond acceptors (Lipinski definition) is 5. The van der Waals surface area contributed by atoms with E-state index < -0.39 is 15.9 Å². The second-order valence-corrected chi connectivity index (χ2v) is 10.0. The molecule has 0 saturated carbocycles. The predicted molar refractivity (Wildman–Crippen MR) is 140 cm³/mol. The van der Waals surface area contributed by atoms with Crippen molar-refractivity contribution in [3.05, 3.63) is 59.7 Å². The Morgan fingerprint density at radius 3 is 2.24 bits per heavy atom. The van der Waals surface area contributed by atoms with E-state index in [0.717, 1.165) is 18.4 Å². The fourth-order valence-corrected chi connectivity index (χ4v) is 3.28. The lowest BCUT2D eigenvalue weighted by molar-refractivity contribution is -0.121. The van der Waals surface area contributed by atoms with E-state index in [9.17, 15) is 9.59 Å². The summed E-state index contributed by atoms with van der Waals surface area (Å²) in [5, 5.41) is 8.46. The van der Waals surface area contributed by atoms with Gasteiger partial charge >= 0.3 is 5.97 Å². The molecular weight excluding hydrogens is 521 g/mol. The molecule has 0 saturated heterocycles. The van der Waals surface area contributed by atoms with Crippen LogP contribution in [0.15, 0.2) is 48.5 Å². The number of alkyl halides is 3. The highest BCUT2D eigenvalue weighted by Crippen LogP contribution is 2.29. The second-order valence-electron chi connectivity index (χ2n) is 7.23. The monoisotopic (exact) mass is 545 g/mol. The molecule has 0 aliphatic carbocycles. The minimum Gasteiger partial charge on any atom is -0.497 e. The van der Waals surface area contributed by atoms with E-state index in [1.54, 1.807) is 55.6 Å². The van der Waals surface area contributed by atoms with Crippen molar-refractivity contribution in [3.8, 4) is 5.75 Å². The number of anilines is 1. The highest BCUT2D eigenvalue weighted by molar-refractivity contribution is 7.80. The van der Waals surface area contributed by atoms with Gasteiger partial charge in [-0.15, -0.1) is 0 Å². The summed E-state index contributed by atoms with van der Waals surface area (Å²) in [4.78, 5) is 24.5. The summed E-state index contributed by atoms with van der Waals surface area (Å²) >= 11 is 23.4. The third-order valence-electron chi connectivity index (χ3n) is 4.54. The van der Waals surface area contributed by atoms with Gasteiger partial charge < -0.3 is 25.4 Å². The van der Waals surface area contributed by atoms with Gasteiger partial charge in [0.05, 0.1) is 25.7 Å². The Labute approximate surface area is 219 Å². The third kappa shape index (κ3) is 9.54. The molecule has 1 atom stereocenters. The number of benzene rings is 2. The van der Waals surface area contributed by atoms with Gasteiger partial charge in [0, 0.05) is 5.69 Å². The van der Waals surface area contributed by atoms with Gasteiger partial charge in [0.2, 0.25) is 9.70 Å². The van der Waals surface area contributed by atoms with Gasteiger partial charge in [-0.05, 0) is 60.6 Å². The summed E-state index contributed by atoms with van der Waals surface area (Å²) in [5.74, 6) is -0.0814. The van der Waals surface area contributed by atoms with E-state index in [0.29, 0.717) is 23.6 Å². The van der Waals surface area contributed by atoms with Crippen LogP contribution >= 0.6 is 47.0 Å². The topological polar surface area (TPSA) is 88.7 Å². The fraction of sp³-hybridized carbons (Fsp3) is 0.348. The number of rotatable bonds is 10. The van der Waals surface area contributed by atoms with Crippen molar-refractivity contribution in [1.82, 2.24) is 10.6 Å². The number of carbonyl (C=O) groups is 2. The molecule has 0 heterocycles. The average Bonchev–Trinajstić information content (AvgIpc) is 2.79. The first-order chi connectivity index (χ1) is 16.1. The molecule has 0 aliphatic heterocycles. The predicted octanol–water partition coefficient (Wildman–Crippen LogP) is 4.99. The van der Waals surface area contributed by atoms with Crippen LogP contribution in [0, 0.1) is 0 Å². The molecule has 2 aromatic carbocycles. The Morgan fingerprint density at radius 1 is 1.03 bits per heavy atom. The number of thiocarbonyl (C=S) groups is 1. The van der Waals surface area contributed by atoms with Crippen LogP contribution in [0.5, 0.6) is 5.75 Å². The van der Waals surface area contributed by atoms with E-state index in [4.69, 9.17) is 56.5 Å². The summed E-state index contributed by atoms with van der Waals surface area (Å²) in [6.07, 6.45) is 0.722. The van der Waals surface area contributed by atoms with Crippen LogP contribution in [0.4, 0.5) is 5.69 Å². The molecule has 2 rings (SSSR count). The lowest BCUT2D eigenvalue weighted by Gasteiger charge is -2.27. The van der Waals surface area contributed by atoms with Crippen molar-refractivity contribution in [2.75, 3.05) is 19.0 Å². The number of esters is 1. The Bertz CT molecular complexity index is 967. The number of ether oxygens (including phenoxy) is 2. The zero-order valence-corrected chi connectivity index (χ0v) is 21.8. The normalized spacial score (nSPS) is 11.8. The van der Waals surface area contributed by atoms with Gasteiger partial charge in [0.25, 0.3) is 0 Å². The van der Waals surface area contributed by atoms with Gasteiger partial charge in [-0.3, -0.25) is 4.79 Å². The van der Waals surface area contributed by atoms with E-state index in [1.807, 2.05) is 6.92 Å². The van der Waals surface area contributed by atoms with E-state index >= 15 is 0 Å². The Hall–Kier alpha value is -2.26. The van der Waals surface area contributed by atoms with Crippen molar-refractivity contribution in [2.45, 2.75) is 36.1 Å². The molecular formula is C23H26Cl3N3O4S. The molecule has 3 N–H and O–H groups in total. The van der Waals surface area contributed by atoms with Gasteiger partial charge in [0.1, 0.15) is 11.9 Å². The van der Waals surface area contributed by atoms with E-state index in [2.05, 4.69) is 16.0 Å². The quantitative estimate of drug-likeness (QED) is 0.127. The molecule has 1 unspecified atom stereocenters. The maximum Gasteiger partial charge on any atom is 0.338 e. The summed E-state index contributed by atoms with van der Waals surface area (Å²) < 4.78 is 8.41. The van der Waals surface area contributed by atoms with Gasteiger partial charge in [-0.25, -0.2) is 4.79 Å². The smallest absolute Gasteiger partial charge is 0.338 e. The molecule has 2 aromatic rings. The second kappa shape index (κ2) is 13.6. The maximum absolute atomic E-state index is 12.5. The number of halogens is 3. The number of nitrogens with one attached hydrogen (secondary N) is 3. The van der Waals surface area contributed by atoms with Crippen molar-refractivity contribution in [2.24, 2.45) is 0 Å². The number of unbranched alkanes of at least 4 members (excludes halogenated alkanes) is 1. The summed E-state index contributed by atoms with van der Waals surface area (Å²) in [6.45, 7) is 2.40. The number of methoxy groups -OCH3 is 1. The van der Waals surface area contributed by atoms with Crippen LogP contribution in [0.25, 0.3) is 0 Å². The third-order valence-corrected chi connectivity index (χ3v) is 5.42. The fourth-order valence-electron chi connectivity index (χ4n) is 2.72. The SMILES string of the molecule is CCCCOC(=O)c1ccc(NC(=S)NC(NC(=O)Cc2ccc(OC)cc2)C(Cl)(Cl)Cl)cc1. The minimum atomic E-state index is -1.88. The molecule has 1 amide bonds. The summed E-state index contributed by atoms with van der Waals surface area (Å²) in [6, 6.07) is 13.6. The number of hydrogen-bond donors (Lipinski definition) is 3. The molecule has 184 valence electrons. The van der Waals surface area contributed by atoms with Crippen LogP contribution in [0.2, 0.25) is 0 Å². The van der Waals surface area contributed by atoms with Gasteiger partial charge in [0.15, 0.2) is 5.11 Å². The van der Waals surface area contributed by atoms with E-state index in [1.165, 1.54) is 0 Å². The van der Waals surface area contributed by atoms with Crippen molar-refractivity contribution >= 4 is 69.7 Å². The molecule has 34 heavy (non-hydrogen) atoms. The molecule has 0 spiro atoms. The standard InChI is InChI=1S/C23H26Cl3N3O4S/c1-3-4-13-33-20(31)16-7-9-17(10-8-16)27-22(34)29-21(23(24,25)26)28-19(30)14-15-5-11-18(32-2)12-6-15/h5-12,21H,3-4,13-14H2,1-2H3,(H,28,30)(H2,27,29,34). The Morgan fingerprint density at radius 2 is 1.68 bits per heavy atom. The molecule has 0 aliphatic rings. The Balaban J connectivity index is 1.93. The first kappa shape index (κ1) is 28.0. The molecule has 0 aromatic heterocycles. The molecule has 0 radical (unpaired) electrons. The van der Waals surface area contributed by atoms with Crippen LogP contribution < -0.4 is 20.7 Å². The lowest BCUT2D eigenvalue weighted by Crippen LogP contribution is -2.56. The first-order valence-electron chi connectivity index (χ1n) is 10.5. The molecule has 11 heteroatoms. The van der Waals surface area contributed by atoms with Crippen molar-refractivity contribution < 1.29 is 19.1 Å². The van der Waals surface area contributed by atoms with Crippen LogP contribution in [0.1, 0.15) is 35.7 Å². The summed E-state index contributed by atoms with van der Waals surface area (Å²) in [5.41, 5.74) is 1.77. The van der Waals surface area contributed by atoms with Gasteiger partial charge in [-0.2, -0.15) is 0 Å². The lowest BCUT2D eigenvalue weighted by atomic mass is 10.1. The largest absolute Gasteiger partial charge is 0.497 e.